The van der Waals surface area contributed by atoms with Gasteiger partial charge in [0.2, 0.25) is 0 Å². The number of nitrogens with one attached hydrogen (secondary N) is 1. The van der Waals surface area contributed by atoms with Gasteiger partial charge in [-0.15, -0.1) is 0 Å². The van der Waals surface area contributed by atoms with Crippen molar-refractivity contribution in [3.8, 4) is 11.5 Å². The smallest absolute Gasteiger partial charge is 0.165 e. The van der Waals surface area contributed by atoms with E-state index in [1.165, 1.54) is 12.4 Å². The molecule has 3 aromatic rings. The number of fused-ring (bicyclic) bond motifs is 1. The summed E-state index contributed by atoms with van der Waals surface area (Å²) in [6, 6.07) is 8.04. The van der Waals surface area contributed by atoms with Crippen LogP contribution in [0.5, 0.6) is 11.5 Å². The summed E-state index contributed by atoms with van der Waals surface area (Å²) in [5.41, 5.74) is 0.807. The summed E-state index contributed by atoms with van der Waals surface area (Å²) in [6.07, 6.45) is 1.81. The van der Waals surface area contributed by atoms with Crippen LogP contribution in [0.2, 0.25) is 5.02 Å². The predicted molar refractivity (Wildman–Crippen MR) is 117 cm³/mol. The molecule has 1 N–H and O–H groups in total. The Labute approximate surface area is 184 Å². The van der Waals surface area contributed by atoms with Crippen LogP contribution in [0, 0.1) is 5.82 Å². The molecule has 1 fully saturated rings. The van der Waals surface area contributed by atoms with Crippen LogP contribution < -0.4 is 14.8 Å². The molecule has 1 aromatic heterocycles. The number of rotatable bonds is 6. The number of likely N-dealkylation sites (tertiary alicyclic amines) is 1. The maximum absolute atomic E-state index is 14.4. The molecule has 31 heavy (non-hydrogen) atoms. The molecule has 0 radical (unpaired) electrons. The van der Waals surface area contributed by atoms with Crippen molar-refractivity contribution in [1.82, 2.24) is 14.9 Å². The third kappa shape index (κ3) is 4.26. The second-order valence-electron chi connectivity index (χ2n) is 7.51. The molecule has 4 rings (SSSR count). The molecular weight excluding hydrogens is 423 g/mol. The fourth-order valence-electron chi connectivity index (χ4n) is 3.84. The minimum absolute atomic E-state index is 0.0134. The highest BCUT2D eigenvalue weighted by molar-refractivity contribution is 6.31. The SMILES string of the molecule is COc1cc2ncnc(Nc3cccc(Cl)c3F)c2cc1OC1C[C@H](C(C)=O)N(C)C1. The third-order valence-corrected chi connectivity index (χ3v) is 5.69. The lowest BCUT2D eigenvalue weighted by atomic mass is 10.1. The van der Waals surface area contributed by atoms with Crippen molar-refractivity contribution in [2.24, 2.45) is 0 Å². The average Bonchev–Trinajstić information content (AvgIpc) is 3.11. The number of hydrogen-bond acceptors (Lipinski definition) is 7. The Bertz CT molecular complexity index is 1140. The second kappa shape index (κ2) is 8.64. The molecule has 1 unspecified atom stereocenters. The zero-order chi connectivity index (χ0) is 22.1. The molecule has 2 atom stereocenters. The van der Waals surface area contributed by atoms with Gasteiger partial charge in [0, 0.05) is 24.4 Å². The van der Waals surface area contributed by atoms with Crippen molar-refractivity contribution < 1.29 is 18.7 Å². The molecule has 0 aliphatic carbocycles. The molecule has 0 amide bonds. The molecule has 2 heterocycles. The predicted octanol–water partition coefficient (Wildman–Crippen LogP) is 4.22. The normalized spacial score (nSPS) is 18.9. The Morgan fingerprint density at radius 2 is 2.10 bits per heavy atom. The summed E-state index contributed by atoms with van der Waals surface area (Å²) in [7, 11) is 3.46. The van der Waals surface area contributed by atoms with E-state index in [0.717, 1.165) is 0 Å². The molecule has 0 saturated carbocycles. The number of methoxy groups -OCH3 is 1. The third-order valence-electron chi connectivity index (χ3n) is 5.40. The number of likely N-dealkylation sites (N-methyl/N-ethyl adjacent to an activating group) is 1. The van der Waals surface area contributed by atoms with E-state index in [4.69, 9.17) is 21.1 Å². The maximum atomic E-state index is 14.4. The van der Waals surface area contributed by atoms with Crippen molar-refractivity contribution in [3.63, 3.8) is 0 Å². The fourth-order valence-corrected chi connectivity index (χ4v) is 4.01. The van der Waals surface area contributed by atoms with E-state index >= 15 is 0 Å². The first-order valence-corrected chi connectivity index (χ1v) is 10.2. The summed E-state index contributed by atoms with van der Waals surface area (Å²) in [4.78, 5) is 22.4. The van der Waals surface area contributed by atoms with Crippen molar-refractivity contribution in [1.29, 1.82) is 0 Å². The summed E-state index contributed by atoms with van der Waals surface area (Å²) >= 11 is 5.89. The first-order valence-electron chi connectivity index (χ1n) is 9.78. The number of ketones is 1. The summed E-state index contributed by atoms with van der Waals surface area (Å²) < 4.78 is 26.1. The average molecular weight is 445 g/mol. The number of ether oxygens (including phenoxy) is 2. The van der Waals surface area contributed by atoms with E-state index in [2.05, 4.69) is 15.3 Å². The number of anilines is 2. The van der Waals surface area contributed by atoms with Gasteiger partial charge in [-0.1, -0.05) is 17.7 Å². The quantitative estimate of drug-likeness (QED) is 0.610. The van der Waals surface area contributed by atoms with Crippen molar-refractivity contribution >= 4 is 39.8 Å². The van der Waals surface area contributed by atoms with Gasteiger partial charge in [0.25, 0.3) is 0 Å². The summed E-state index contributed by atoms with van der Waals surface area (Å²) in [5.74, 6) is 0.971. The summed E-state index contributed by atoms with van der Waals surface area (Å²) in [5, 5.41) is 3.63. The number of nitrogens with zero attached hydrogens (tertiary/aromatic N) is 3. The number of aromatic nitrogens is 2. The van der Waals surface area contributed by atoms with Gasteiger partial charge >= 0.3 is 0 Å². The monoisotopic (exact) mass is 444 g/mol. The zero-order valence-electron chi connectivity index (χ0n) is 17.4. The van der Waals surface area contributed by atoms with E-state index in [1.807, 2.05) is 11.9 Å². The molecule has 2 aromatic carbocycles. The highest BCUT2D eigenvalue weighted by Gasteiger charge is 2.34. The molecular formula is C22H22ClFN4O3. The number of hydrogen-bond donors (Lipinski definition) is 1. The molecule has 162 valence electrons. The molecule has 7 nitrogen and oxygen atoms in total. The van der Waals surface area contributed by atoms with E-state index in [9.17, 15) is 9.18 Å². The molecule has 9 heteroatoms. The van der Waals surface area contributed by atoms with Crippen LogP contribution in [-0.2, 0) is 4.79 Å². The van der Waals surface area contributed by atoms with Crippen LogP contribution in [0.25, 0.3) is 10.9 Å². The molecule has 0 bridgehead atoms. The fraction of sp³-hybridized carbons (Fsp3) is 0.318. The molecule has 1 aliphatic heterocycles. The molecule has 1 saturated heterocycles. The Morgan fingerprint density at radius 1 is 1.29 bits per heavy atom. The van der Waals surface area contributed by atoms with Gasteiger partial charge in [-0.25, -0.2) is 14.4 Å². The van der Waals surface area contributed by atoms with Gasteiger partial charge in [0.15, 0.2) is 17.3 Å². The van der Waals surface area contributed by atoms with Crippen LogP contribution in [0.1, 0.15) is 13.3 Å². The lowest BCUT2D eigenvalue weighted by Crippen LogP contribution is -2.31. The highest BCUT2D eigenvalue weighted by Crippen LogP contribution is 2.37. The topological polar surface area (TPSA) is 76.6 Å². The van der Waals surface area contributed by atoms with Gasteiger partial charge in [-0.2, -0.15) is 0 Å². The van der Waals surface area contributed by atoms with Crippen LogP contribution in [-0.4, -0.2) is 53.5 Å². The lowest BCUT2D eigenvalue weighted by molar-refractivity contribution is -0.120. The van der Waals surface area contributed by atoms with E-state index in [-0.39, 0.29) is 28.6 Å². The molecule has 1 aliphatic rings. The Morgan fingerprint density at radius 3 is 2.81 bits per heavy atom. The van der Waals surface area contributed by atoms with Crippen molar-refractivity contribution in [2.45, 2.75) is 25.5 Å². The van der Waals surface area contributed by atoms with Crippen molar-refractivity contribution in [2.75, 3.05) is 26.0 Å². The van der Waals surface area contributed by atoms with E-state index < -0.39 is 5.82 Å². The van der Waals surface area contributed by atoms with Crippen LogP contribution in [0.15, 0.2) is 36.7 Å². The van der Waals surface area contributed by atoms with Gasteiger partial charge in [-0.3, -0.25) is 9.69 Å². The maximum Gasteiger partial charge on any atom is 0.165 e. The standard InChI is InChI=1S/C22H22ClFN4O3/c1-12(29)18-7-13(10-28(18)2)31-20-8-14-17(9-19(20)30-3)25-11-26-22(14)27-16-6-4-5-15(23)21(16)24/h4-6,8-9,11,13,18H,7,10H2,1-3H3,(H,25,26,27)/t13?,18-/m1/s1. The zero-order valence-corrected chi connectivity index (χ0v) is 18.1. The van der Waals surface area contributed by atoms with Gasteiger partial charge < -0.3 is 14.8 Å². The van der Waals surface area contributed by atoms with Crippen LogP contribution >= 0.6 is 11.6 Å². The summed E-state index contributed by atoms with van der Waals surface area (Å²) in [6.45, 7) is 2.21. The van der Waals surface area contributed by atoms with E-state index in [1.54, 1.807) is 38.3 Å². The number of carbonyl (C=O) groups is 1. The van der Waals surface area contributed by atoms with Gasteiger partial charge in [0.1, 0.15) is 24.0 Å². The van der Waals surface area contributed by atoms with Crippen LogP contribution in [0.4, 0.5) is 15.9 Å². The minimum atomic E-state index is -0.565. The van der Waals surface area contributed by atoms with Gasteiger partial charge in [-0.05, 0) is 32.2 Å². The number of carbonyl (C=O) groups excluding carboxylic acids is 1. The van der Waals surface area contributed by atoms with Crippen molar-refractivity contribution in [3.05, 3.63) is 47.5 Å². The Kier molecular flexibility index (Phi) is 5.93. The number of benzene rings is 2. The molecule has 0 spiro atoms. The largest absolute Gasteiger partial charge is 0.493 e. The first kappa shape index (κ1) is 21.3. The number of Topliss-reactive ketones (excluding diaryl/α,β-unsaturated/α-hetero) is 1. The Balaban J connectivity index is 1.69. The van der Waals surface area contributed by atoms with Crippen LogP contribution in [0.3, 0.4) is 0 Å². The van der Waals surface area contributed by atoms with E-state index in [0.29, 0.717) is 41.2 Å². The highest BCUT2D eigenvalue weighted by atomic mass is 35.5. The number of halogens is 2. The second-order valence-corrected chi connectivity index (χ2v) is 7.92. The minimum Gasteiger partial charge on any atom is -0.493 e. The Hall–Kier alpha value is -2.97. The lowest BCUT2D eigenvalue weighted by Gasteiger charge is -2.17. The first-order chi connectivity index (χ1) is 14.9. The van der Waals surface area contributed by atoms with Gasteiger partial charge in [0.05, 0.1) is 29.4 Å².